The van der Waals surface area contributed by atoms with Crippen LogP contribution in [0.25, 0.3) is 10.4 Å². The van der Waals surface area contributed by atoms with Crippen LogP contribution in [0.5, 0.6) is 0 Å². The minimum absolute atomic E-state index is 0.215. The number of β-amino-alcohol motifs (C(OH)–C–C–N with tert-alkyl or cyclic N) is 1. The maximum absolute atomic E-state index is 11.8. The first-order valence-electron chi connectivity index (χ1n) is 5.52. The second-order valence-electron chi connectivity index (χ2n) is 5.13. The van der Waals surface area contributed by atoms with Gasteiger partial charge in [0.1, 0.15) is 5.60 Å². The zero-order chi connectivity index (χ0) is 13.1. The summed E-state index contributed by atoms with van der Waals surface area (Å²) in [5.74, 6) is 0. The summed E-state index contributed by atoms with van der Waals surface area (Å²) in [5, 5.41) is 13.1. The van der Waals surface area contributed by atoms with Gasteiger partial charge in [0.15, 0.2) is 0 Å². The number of piperidine rings is 1. The number of aliphatic hydroxyl groups is 1. The van der Waals surface area contributed by atoms with Gasteiger partial charge in [0.25, 0.3) is 0 Å². The molecule has 1 saturated heterocycles. The lowest BCUT2D eigenvalue weighted by atomic mass is 10.0. The molecule has 0 aromatic rings. The van der Waals surface area contributed by atoms with Crippen molar-refractivity contribution in [1.29, 1.82) is 0 Å². The van der Waals surface area contributed by atoms with Crippen LogP contribution in [0.1, 0.15) is 27.2 Å². The van der Waals surface area contributed by atoms with E-state index >= 15 is 0 Å². The van der Waals surface area contributed by atoms with E-state index in [1.54, 1.807) is 20.8 Å². The quantitative estimate of drug-likeness (QED) is 0.430. The summed E-state index contributed by atoms with van der Waals surface area (Å²) >= 11 is 0. The zero-order valence-corrected chi connectivity index (χ0v) is 10.3. The Hall–Kier alpha value is -1.46. The molecule has 2 atom stereocenters. The van der Waals surface area contributed by atoms with Gasteiger partial charge in [0.05, 0.1) is 12.1 Å². The van der Waals surface area contributed by atoms with Crippen molar-refractivity contribution in [2.45, 2.75) is 44.9 Å². The largest absolute Gasteiger partial charge is 0.444 e. The molecule has 0 aromatic heterocycles. The summed E-state index contributed by atoms with van der Waals surface area (Å²) in [6.45, 7) is 5.82. The van der Waals surface area contributed by atoms with Crippen LogP contribution in [0.15, 0.2) is 5.11 Å². The molecule has 1 rings (SSSR count). The van der Waals surface area contributed by atoms with Crippen LogP contribution in [0, 0.1) is 0 Å². The van der Waals surface area contributed by atoms with Crippen molar-refractivity contribution >= 4 is 6.09 Å². The maximum Gasteiger partial charge on any atom is 0.410 e. The Kier molecular flexibility index (Phi) is 4.20. The highest BCUT2D eigenvalue weighted by molar-refractivity contribution is 5.68. The van der Waals surface area contributed by atoms with Crippen molar-refractivity contribution in [2.24, 2.45) is 5.11 Å². The molecule has 1 unspecified atom stereocenters. The minimum atomic E-state index is -0.674. The molecule has 0 spiro atoms. The second-order valence-corrected chi connectivity index (χ2v) is 5.13. The van der Waals surface area contributed by atoms with Crippen LogP contribution in [-0.2, 0) is 4.74 Å². The number of azide groups is 1. The Morgan fingerprint density at radius 2 is 2.18 bits per heavy atom. The lowest BCUT2D eigenvalue weighted by molar-refractivity contribution is 0.000533. The maximum atomic E-state index is 11.8. The second kappa shape index (κ2) is 5.25. The van der Waals surface area contributed by atoms with Gasteiger partial charge in [-0.15, -0.1) is 0 Å². The lowest BCUT2D eigenvalue weighted by Gasteiger charge is -2.34. The van der Waals surface area contributed by atoms with Crippen molar-refractivity contribution in [2.75, 3.05) is 13.1 Å². The number of carbonyl (C=O) groups is 1. The van der Waals surface area contributed by atoms with Crippen LogP contribution in [-0.4, -0.2) is 46.9 Å². The molecular weight excluding hydrogens is 224 g/mol. The molecule has 0 saturated carbocycles. The van der Waals surface area contributed by atoms with Crippen LogP contribution in [0.3, 0.4) is 0 Å². The molecule has 0 radical (unpaired) electrons. The minimum Gasteiger partial charge on any atom is -0.444 e. The number of hydrogen-bond donors (Lipinski definition) is 1. The fraction of sp³-hybridized carbons (Fsp3) is 0.900. The van der Waals surface area contributed by atoms with Gasteiger partial charge in [0.2, 0.25) is 0 Å². The summed E-state index contributed by atoms with van der Waals surface area (Å²) < 4.78 is 5.19. The highest BCUT2D eigenvalue weighted by Crippen LogP contribution is 2.17. The van der Waals surface area contributed by atoms with Gasteiger partial charge in [-0.3, -0.25) is 0 Å². The van der Waals surface area contributed by atoms with Gasteiger partial charge in [-0.25, -0.2) is 4.79 Å². The molecule has 1 fully saturated rings. The first-order valence-corrected chi connectivity index (χ1v) is 5.52. The Morgan fingerprint density at radius 3 is 2.71 bits per heavy atom. The van der Waals surface area contributed by atoms with E-state index in [1.165, 1.54) is 4.90 Å². The van der Waals surface area contributed by atoms with Crippen molar-refractivity contribution < 1.29 is 14.6 Å². The summed E-state index contributed by atoms with van der Waals surface area (Å²) in [5.41, 5.74) is 7.78. The molecule has 96 valence electrons. The molecule has 0 aliphatic carbocycles. The highest BCUT2D eigenvalue weighted by atomic mass is 16.6. The highest BCUT2D eigenvalue weighted by Gasteiger charge is 2.31. The van der Waals surface area contributed by atoms with E-state index in [4.69, 9.17) is 10.3 Å². The number of rotatable bonds is 1. The van der Waals surface area contributed by atoms with E-state index in [1.807, 2.05) is 0 Å². The number of carbonyl (C=O) groups excluding carboxylic acids is 1. The molecule has 0 bridgehead atoms. The number of nitrogens with zero attached hydrogens (tertiary/aromatic N) is 4. The molecule has 7 nitrogen and oxygen atoms in total. The van der Waals surface area contributed by atoms with Crippen molar-refractivity contribution in [3.63, 3.8) is 0 Å². The Balaban J connectivity index is 2.64. The van der Waals surface area contributed by atoms with Crippen LogP contribution < -0.4 is 0 Å². The summed E-state index contributed by atoms with van der Waals surface area (Å²) in [6, 6.07) is -0.392. The molecule has 17 heavy (non-hydrogen) atoms. The Morgan fingerprint density at radius 1 is 1.53 bits per heavy atom. The third kappa shape index (κ3) is 4.50. The fourth-order valence-electron chi connectivity index (χ4n) is 1.68. The molecule has 1 aliphatic rings. The van der Waals surface area contributed by atoms with E-state index in [-0.39, 0.29) is 13.1 Å². The number of ether oxygens (including phenoxy) is 1. The molecule has 1 heterocycles. The van der Waals surface area contributed by atoms with Crippen molar-refractivity contribution in [3.8, 4) is 0 Å². The molecule has 1 N–H and O–H groups in total. The number of aliphatic hydroxyl groups excluding tert-OH is 1. The third-order valence-electron chi connectivity index (χ3n) is 2.27. The van der Waals surface area contributed by atoms with Gasteiger partial charge >= 0.3 is 6.09 Å². The number of amides is 1. The van der Waals surface area contributed by atoms with Gasteiger partial charge in [0, 0.05) is 18.0 Å². The first-order chi connectivity index (χ1) is 7.81. The average molecular weight is 242 g/mol. The standard InChI is InChI=1S/C10H18N4O3/c1-10(2,3)17-9(16)14-5-7(12-13-11)4-8(15)6-14/h7-8,15H,4-6H2,1-3H3/t7?,8-/m0/s1. The van der Waals surface area contributed by atoms with Crippen LogP contribution >= 0.6 is 0 Å². The smallest absolute Gasteiger partial charge is 0.410 e. The third-order valence-corrected chi connectivity index (χ3v) is 2.27. The van der Waals surface area contributed by atoms with E-state index in [0.29, 0.717) is 6.42 Å². The lowest BCUT2D eigenvalue weighted by Crippen LogP contribution is -2.49. The summed E-state index contributed by atoms with van der Waals surface area (Å²) in [6.07, 6.45) is -0.787. The zero-order valence-electron chi connectivity index (χ0n) is 10.3. The number of hydrogen-bond acceptors (Lipinski definition) is 4. The first kappa shape index (κ1) is 13.6. The Labute approximate surface area is 100.0 Å². The van der Waals surface area contributed by atoms with Crippen molar-refractivity contribution in [1.82, 2.24) is 4.90 Å². The molecule has 0 aromatic carbocycles. The molecule has 1 amide bonds. The average Bonchev–Trinajstić information content (AvgIpc) is 2.14. The molecular formula is C10H18N4O3. The monoisotopic (exact) mass is 242 g/mol. The summed E-state index contributed by atoms with van der Waals surface area (Å²) in [4.78, 5) is 15.8. The van der Waals surface area contributed by atoms with Gasteiger partial charge < -0.3 is 14.7 Å². The predicted octanol–water partition coefficient (Wildman–Crippen LogP) is 1.67. The van der Waals surface area contributed by atoms with Crippen LogP contribution in [0.2, 0.25) is 0 Å². The normalized spacial score (nSPS) is 25.1. The van der Waals surface area contributed by atoms with E-state index in [0.717, 1.165) is 0 Å². The van der Waals surface area contributed by atoms with E-state index in [9.17, 15) is 9.90 Å². The van der Waals surface area contributed by atoms with E-state index in [2.05, 4.69) is 10.0 Å². The van der Waals surface area contributed by atoms with Gasteiger partial charge in [-0.05, 0) is 32.7 Å². The van der Waals surface area contributed by atoms with Crippen molar-refractivity contribution in [3.05, 3.63) is 10.4 Å². The predicted molar refractivity (Wildman–Crippen MR) is 61.4 cm³/mol. The Bertz CT molecular complexity index is 333. The molecule has 1 aliphatic heterocycles. The summed E-state index contributed by atoms with van der Waals surface area (Å²) in [7, 11) is 0. The molecule has 7 heteroatoms. The SMILES string of the molecule is CC(C)(C)OC(=O)N1CC(N=[N+]=[N-])C[C@H](O)C1. The van der Waals surface area contributed by atoms with E-state index < -0.39 is 23.8 Å². The van der Waals surface area contributed by atoms with Crippen LogP contribution in [0.4, 0.5) is 4.79 Å². The van der Waals surface area contributed by atoms with Gasteiger partial charge in [-0.1, -0.05) is 5.11 Å². The number of likely N-dealkylation sites (tertiary alicyclic amines) is 1. The topological polar surface area (TPSA) is 98.5 Å². The van der Waals surface area contributed by atoms with Gasteiger partial charge in [-0.2, -0.15) is 0 Å². The fourth-order valence-corrected chi connectivity index (χ4v) is 1.68.